The van der Waals surface area contributed by atoms with E-state index in [2.05, 4.69) is 26.9 Å². The molecule has 0 aliphatic heterocycles. The zero-order valence-corrected chi connectivity index (χ0v) is 28.3. The van der Waals surface area contributed by atoms with Crippen LogP contribution in [0.3, 0.4) is 0 Å². The molecule has 0 bridgehead atoms. The number of benzene rings is 2. The molecule has 0 radical (unpaired) electrons. The number of phenolic OH excluding ortho intramolecular Hbond substituents is 1. The molecule has 1 amide bonds. The molecular formula is C32H38F8N4O7S. The standard InChI is InChI=1S/C28H36F2N4O3S.2C2HF3O2/c29-28(30)13-8-22(9-14-28)34(17-11-21-6-7-23(35)25-26(21)38-27(37)32-25)19-18-33(16-12-24(31)36)15-10-20-4-2-1-3-5-20;2*3-2(4,5)1(6)7/h1-7,22,35H,8-19H2,(H2,31,36)(H,32,37);2*(H,6,7). The zero-order valence-electron chi connectivity index (χ0n) is 27.5. The minimum atomic E-state index is -5.08. The van der Waals surface area contributed by atoms with E-state index in [0.29, 0.717) is 51.0 Å². The zero-order chi connectivity index (χ0) is 39.3. The van der Waals surface area contributed by atoms with E-state index in [9.17, 15) is 49.8 Å². The molecule has 1 aliphatic carbocycles. The van der Waals surface area contributed by atoms with E-state index in [-0.39, 0.29) is 41.8 Å². The number of amides is 1. The number of alkyl halides is 8. The van der Waals surface area contributed by atoms with E-state index in [4.69, 9.17) is 25.5 Å². The number of thiazole rings is 1. The smallest absolute Gasteiger partial charge is 0.490 e. The minimum Gasteiger partial charge on any atom is -0.506 e. The third kappa shape index (κ3) is 15.5. The van der Waals surface area contributed by atoms with Crippen LogP contribution in [0.25, 0.3) is 10.2 Å². The van der Waals surface area contributed by atoms with Gasteiger partial charge in [0, 0.05) is 58.0 Å². The number of phenols is 1. The number of aromatic hydroxyl groups is 1. The van der Waals surface area contributed by atoms with E-state index >= 15 is 0 Å². The summed E-state index contributed by atoms with van der Waals surface area (Å²) in [6, 6.07) is 13.6. The number of halogens is 8. The number of carboxylic acid groups (broad SMARTS) is 2. The fraction of sp³-hybridized carbons (Fsp3) is 0.500. The lowest BCUT2D eigenvalue weighted by Crippen LogP contribution is -2.45. The van der Waals surface area contributed by atoms with Crippen molar-refractivity contribution in [1.82, 2.24) is 14.8 Å². The number of nitrogens with two attached hydrogens (primary N) is 1. The maximum absolute atomic E-state index is 13.9. The van der Waals surface area contributed by atoms with Crippen molar-refractivity contribution in [2.45, 2.75) is 69.3 Å². The van der Waals surface area contributed by atoms with Gasteiger partial charge in [0.2, 0.25) is 11.8 Å². The molecule has 0 spiro atoms. The van der Waals surface area contributed by atoms with Crippen molar-refractivity contribution in [3.63, 3.8) is 0 Å². The molecule has 1 aliphatic rings. The average Bonchev–Trinajstić information content (AvgIpc) is 3.45. The number of carbonyl (C=O) groups is 3. The number of aliphatic carboxylic acids is 2. The number of hydrogen-bond acceptors (Lipinski definition) is 8. The first kappa shape index (κ1) is 43.9. The number of hydrogen-bond donors (Lipinski definition) is 5. The second-order valence-electron chi connectivity index (χ2n) is 11.7. The highest BCUT2D eigenvalue weighted by Gasteiger charge is 2.39. The number of nitrogens with zero attached hydrogens (tertiary/aromatic N) is 2. The molecule has 1 aromatic heterocycles. The molecule has 1 heterocycles. The topological polar surface area (TPSA) is 177 Å². The van der Waals surface area contributed by atoms with Crippen LogP contribution in [-0.2, 0) is 27.2 Å². The van der Waals surface area contributed by atoms with Crippen LogP contribution in [0.2, 0.25) is 0 Å². The highest BCUT2D eigenvalue weighted by Crippen LogP contribution is 2.35. The van der Waals surface area contributed by atoms with Crippen LogP contribution >= 0.6 is 11.3 Å². The number of aromatic nitrogens is 1. The van der Waals surface area contributed by atoms with Gasteiger partial charge in [-0.25, -0.2) is 18.4 Å². The van der Waals surface area contributed by atoms with Gasteiger partial charge >= 0.3 is 29.2 Å². The molecule has 20 heteroatoms. The summed E-state index contributed by atoms with van der Waals surface area (Å²) >= 11 is 1.07. The van der Waals surface area contributed by atoms with Crippen molar-refractivity contribution < 1.29 is 64.8 Å². The van der Waals surface area contributed by atoms with Crippen molar-refractivity contribution in [3.8, 4) is 5.75 Å². The summed E-state index contributed by atoms with van der Waals surface area (Å²) in [5.41, 5.74) is 8.03. The first-order valence-electron chi connectivity index (χ1n) is 15.7. The van der Waals surface area contributed by atoms with Gasteiger partial charge in [0.25, 0.3) is 0 Å². The predicted molar refractivity (Wildman–Crippen MR) is 174 cm³/mol. The molecule has 0 atom stereocenters. The fourth-order valence-electron chi connectivity index (χ4n) is 5.21. The lowest BCUT2D eigenvalue weighted by atomic mass is 9.91. The van der Waals surface area contributed by atoms with Crippen LogP contribution in [0.15, 0.2) is 47.3 Å². The third-order valence-corrected chi connectivity index (χ3v) is 8.89. The van der Waals surface area contributed by atoms with Crippen LogP contribution in [0.1, 0.15) is 43.2 Å². The molecule has 2 aromatic carbocycles. The molecule has 1 fully saturated rings. The van der Waals surface area contributed by atoms with E-state index in [1.54, 1.807) is 6.07 Å². The number of carbonyl (C=O) groups excluding carboxylic acids is 1. The molecule has 4 rings (SSSR count). The van der Waals surface area contributed by atoms with Crippen LogP contribution < -0.4 is 10.6 Å². The number of carboxylic acids is 2. The Kier molecular flexibility index (Phi) is 16.5. The van der Waals surface area contributed by atoms with Gasteiger partial charge < -0.3 is 30.9 Å². The molecule has 6 N–H and O–H groups in total. The molecule has 11 nitrogen and oxygen atoms in total. The number of H-pyrrole nitrogens is 1. The van der Waals surface area contributed by atoms with Crippen molar-refractivity contribution in [2.24, 2.45) is 5.73 Å². The van der Waals surface area contributed by atoms with Crippen molar-refractivity contribution in [1.29, 1.82) is 0 Å². The number of aromatic amines is 1. The molecule has 1 saturated carbocycles. The minimum absolute atomic E-state index is 0.0389. The maximum atomic E-state index is 13.9. The second-order valence-corrected chi connectivity index (χ2v) is 12.7. The Labute approximate surface area is 295 Å². The summed E-state index contributed by atoms with van der Waals surface area (Å²) < 4.78 is 92.1. The van der Waals surface area contributed by atoms with Gasteiger partial charge in [-0.3, -0.25) is 14.5 Å². The van der Waals surface area contributed by atoms with Crippen molar-refractivity contribution in [2.75, 3.05) is 32.7 Å². The molecule has 290 valence electrons. The van der Waals surface area contributed by atoms with Gasteiger partial charge in [-0.05, 0) is 42.9 Å². The summed E-state index contributed by atoms with van der Waals surface area (Å²) in [5.74, 6) is -8.42. The van der Waals surface area contributed by atoms with E-state index in [1.165, 1.54) is 5.56 Å². The summed E-state index contributed by atoms with van der Waals surface area (Å²) in [6.07, 6.45) is -7.80. The van der Waals surface area contributed by atoms with Gasteiger partial charge in [-0.1, -0.05) is 47.7 Å². The fourth-order valence-corrected chi connectivity index (χ4v) is 6.10. The Morgan fingerprint density at radius 2 is 1.40 bits per heavy atom. The van der Waals surface area contributed by atoms with E-state index < -0.39 is 30.2 Å². The Bertz CT molecular complexity index is 1630. The van der Waals surface area contributed by atoms with Gasteiger partial charge in [-0.2, -0.15) is 26.3 Å². The van der Waals surface area contributed by atoms with Crippen molar-refractivity contribution >= 4 is 39.4 Å². The van der Waals surface area contributed by atoms with Crippen LogP contribution in [0, 0.1) is 0 Å². The number of nitrogens with one attached hydrogen (secondary N) is 1. The summed E-state index contributed by atoms with van der Waals surface area (Å²) in [7, 11) is 0. The molecule has 3 aromatic rings. The van der Waals surface area contributed by atoms with Gasteiger partial charge in [-0.15, -0.1) is 0 Å². The highest BCUT2D eigenvalue weighted by molar-refractivity contribution is 7.16. The second kappa shape index (κ2) is 19.5. The highest BCUT2D eigenvalue weighted by atomic mass is 32.1. The maximum Gasteiger partial charge on any atom is 0.490 e. The number of primary amides is 1. The SMILES string of the molecule is NC(=O)CCN(CCc1ccccc1)CCN(CCc1ccc(O)c2[nH]c(=O)sc12)C1CCC(F)(F)CC1.O=C(O)C(F)(F)F.O=C(O)C(F)(F)F. The van der Waals surface area contributed by atoms with E-state index in [1.807, 2.05) is 24.3 Å². The quantitative estimate of drug-likeness (QED) is 0.142. The van der Waals surface area contributed by atoms with Crippen LogP contribution in [0.5, 0.6) is 5.75 Å². The Morgan fingerprint density at radius 3 is 1.92 bits per heavy atom. The monoisotopic (exact) mass is 774 g/mol. The first-order valence-corrected chi connectivity index (χ1v) is 16.5. The average molecular weight is 775 g/mol. The normalized spacial score (nSPS) is 14.7. The van der Waals surface area contributed by atoms with Crippen molar-refractivity contribution in [3.05, 3.63) is 63.3 Å². The first-order chi connectivity index (χ1) is 24.1. The molecule has 0 saturated heterocycles. The Balaban J connectivity index is 0.000000564. The Hall–Kier alpha value is -4.30. The van der Waals surface area contributed by atoms with Gasteiger partial charge in [0.05, 0.1) is 4.70 Å². The summed E-state index contributed by atoms with van der Waals surface area (Å²) in [6.45, 7) is 3.33. The Morgan fingerprint density at radius 1 is 0.846 bits per heavy atom. The number of rotatable bonds is 13. The largest absolute Gasteiger partial charge is 0.506 e. The summed E-state index contributed by atoms with van der Waals surface area (Å²) in [4.78, 5) is 48.2. The van der Waals surface area contributed by atoms with Gasteiger partial charge in [0.15, 0.2) is 0 Å². The lowest BCUT2D eigenvalue weighted by Gasteiger charge is -2.38. The lowest BCUT2D eigenvalue weighted by molar-refractivity contribution is -0.193. The molecule has 52 heavy (non-hydrogen) atoms. The summed E-state index contributed by atoms with van der Waals surface area (Å²) in [5, 5.41) is 24.4. The van der Waals surface area contributed by atoms with Crippen LogP contribution in [0.4, 0.5) is 35.1 Å². The predicted octanol–water partition coefficient (Wildman–Crippen LogP) is 5.40. The molecule has 0 unspecified atom stereocenters. The van der Waals surface area contributed by atoms with E-state index in [0.717, 1.165) is 34.6 Å². The third-order valence-electron chi connectivity index (χ3n) is 7.93. The molecular weight excluding hydrogens is 736 g/mol. The van der Waals surface area contributed by atoms with Crippen LogP contribution in [-0.4, -0.2) is 105 Å². The van der Waals surface area contributed by atoms with Gasteiger partial charge in [0.1, 0.15) is 11.3 Å². The number of fused-ring (bicyclic) bond motifs is 1.